The number of aryl methyl sites for hydroxylation is 1. The molecule has 0 aromatic carbocycles. The fourth-order valence-corrected chi connectivity index (χ4v) is 2.97. The SMILES string of the molecule is CC(C)=CC1C(C(=O)Nc2nnc(C)s2)C1(C)C. The average molecular weight is 265 g/mol. The van der Waals surface area contributed by atoms with E-state index in [9.17, 15) is 4.79 Å². The zero-order valence-corrected chi connectivity index (χ0v) is 12.3. The Morgan fingerprint density at radius 2 is 2.06 bits per heavy atom. The first-order valence-electron chi connectivity index (χ1n) is 6.08. The summed E-state index contributed by atoms with van der Waals surface area (Å²) in [6, 6.07) is 0. The highest BCUT2D eigenvalue weighted by Gasteiger charge is 2.60. The maximum Gasteiger partial charge on any atom is 0.230 e. The minimum absolute atomic E-state index is 0.0385. The molecule has 1 amide bonds. The number of amides is 1. The van der Waals surface area contributed by atoms with E-state index in [1.54, 1.807) is 0 Å². The van der Waals surface area contributed by atoms with Crippen molar-refractivity contribution in [1.29, 1.82) is 0 Å². The fourth-order valence-electron chi connectivity index (χ4n) is 2.38. The number of rotatable bonds is 3. The fraction of sp³-hybridized carbons (Fsp3) is 0.615. The van der Waals surface area contributed by atoms with Crippen LogP contribution in [0.3, 0.4) is 0 Å². The highest BCUT2D eigenvalue weighted by atomic mass is 32.1. The van der Waals surface area contributed by atoms with Crippen molar-refractivity contribution in [3.8, 4) is 0 Å². The van der Waals surface area contributed by atoms with E-state index in [-0.39, 0.29) is 17.2 Å². The molecule has 1 aromatic rings. The van der Waals surface area contributed by atoms with E-state index in [0.717, 1.165) is 5.01 Å². The van der Waals surface area contributed by atoms with Gasteiger partial charge in [0.1, 0.15) is 5.01 Å². The third kappa shape index (κ3) is 2.46. The third-order valence-corrected chi connectivity index (χ3v) is 4.22. The highest BCUT2D eigenvalue weighted by Crippen LogP contribution is 2.59. The number of hydrogen-bond donors (Lipinski definition) is 1. The Kier molecular flexibility index (Phi) is 3.27. The molecule has 2 rings (SSSR count). The number of hydrogen-bond acceptors (Lipinski definition) is 4. The van der Waals surface area contributed by atoms with Crippen molar-refractivity contribution in [1.82, 2.24) is 10.2 Å². The number of aromatic nitrogens is 2. The van der Waals surface area contributed by atoms with Gasteiger partial charge in [-0.25, -0.2) is 0 Å². The summed E-state index contributed by atoms with van der Waals surface area (Å²) in [5.41, 5.74) is 1.30. The van der Waals surface area contributed by atoms with E-state index in [4.69, 9.17) is 0 Å². The van der Waals surface area contributed by atoms with Crippen molar-refractivity contribution in [2.24, 2.45) is 17.3 Å². The van der Waals surface area contributed by atoms with Gasteiger partial charge in [-0.15, -0.1) is 10.2 Å². The Labute approximate surface area is 112 Å². The molecule has 98 valence electrons. The molecule has 1 heterocycles. The Morgan fingerprint density at radius 3 is 2.56 bits per heavy atom. The molecule has 5 heteroatoms. The predicted octanol–water partition coefficient (Wildman–Crippen LogP) is 3.02. The summed E-state index contributed by atoms with van der Waals surface area (Å²) in [6.45, 7) is 10.3. The van der Waals surface area contributed by atoms with Crippen LogP contribution in [0, 0.1) is 24.2 Å². The molecule has 1 saturated carbocycles. The number of nitrogens with one attached hydrogen (secondary N) is 1. The maximum atomic E-state index is 12.2. The summed E-state index contributed by atoms with van der Waals surface area (Å²) in [5, 5.41) is 12.1. The van der Waals surface area contributed by atoms with Gasteiger partial charge in [-0.1, -0.05) is 36.8 Å². The summed E-state index contributed by atoms with van der Waals surface area (Å²) < 4.78 is 0. The third-order valence-electron chi connectivity index (χ3n) is 3.46. The maximum absolute atomic E-state index is 12.2. The lowest BCUT2D eigenvalue weighted by atomic mass is 10.1. The van der Waals surface area contributed by atoms with Gasteiger partial charge in [0.15, 0.2) is 0 Å². The van der Waals surface area contributed by atoms with Crippen molar-refractivity contribution in [2.75, 3.05) is 5.32 Å². The van der Waals surface area contributed by atoms with Gasteiger partial charge in [-0.2, -0.15) is 0 Å². The van der Waals surface area contributed by atoms with Crippen LogP contribution in [0.5, 0.6) is 0 Å². The second-order valence-corrected chi connectivity index (χ2v) is 6.87. The average Bonchev–Trinajstić information content (AvgIpc) is 2.56. The van der Waals surface area contributed by atoms with Gasteiger partial charge in [0.05, 0.1) is 5.92 Å². The van der Waals surface area contributed by atoms with Crippen LogP contribution in [0.4, 0.5) is 5.13 Å². The van der Waals surface area contributed by atoms with Gasteiger partial charge in [0.2, 0.25) is 11.0 Å². The zero-order valence-electron chi connectivity index (χ0n) is 11.4. The monoisotopic (exact) mass is 265 g/mol. The molecule has 1 N–H and O–H groups in total. The number of carbonyl (C=O) groups is 1. The minimum atomic E-state index is 0.0385. The lowest BCUT2D eigenvalue weighted by Crippen LogP contribution is -2.16. The number of allylic oxidation sites excluding steroid dienone is 2. The molecule has 1 aromatic heterocycles. The molecule has 0 radical (unpaired) electrons. The quantitative estimate of drug-likeness (QED) is 0.855. The van der Waals surface area contributed by atoms with Crippen LogP contribution in [0.1, 0.15) is 32.7 Å². The summed E-state index contributed by atoms with van der Waals surface area (Å²) in [4.78, 5) is 12.2. The molecular weight excluding hydrogens is 246 g/mol. The molecule has 0 aliphatic heterocycles. The van der Waals surface area contributed by atoms with Crippen molar-refractivity contribution in [3.63, 3.8) is 0 Å². The van der Waals surface area contributed by atoms with Crippen LogP contribution < -0.4 is 5.32 Å². The van der Waals surface area contributed by atoms with E-state index < -0.39 is 0 Å². The molecule has 0 saturated heterocycles. The van der Waals surface area contributed by atoms with Crippen LogP contribution in [0.15, 0.2) is 11.6 Å². The van der Waals surface area contributed by atoms with Gasteiger partial charge in [0, 0.05) is 0 Å². The Bertz CT molecular complexity index is 500. The first-order valence-corrected chi connectivity index (χ1v) is 6.90. The molecule has 1 fully saturated rings. The highest BCUT2D eigenvalue weighted by molar-refractivity contribution is 7.15. The van der Waals surface area contributed by atoms with E-state index in [1.807, 2.05) is 6.92 Å². The Hall–Kier alpha value is -1.23. The summed E-state index contributed by atoms with van der Waals surface area (Å²) in [6.07, 6.45) is 2.19. The molecular formula is C13H19N3OS. The lowest BCUT2D eigenvalue weighted by Gasteiger charge is -2.01. The predicted molar refractivity (Wildman–Crippen MR) is 73.5 cm³/mol. The van der Waals surface area contributed by atoms with E-state index in [0.29, 0.717) is 11.0 Å². The van der Waals surface area contributed by atoms with E-state index in [2.05, 4.69) is 49.3 Å². The summed E-state index contributed by atoms with van der Waals surface area (Å²) >= 11 is 1.41. The molecule has 1 aliphatic rings. The minimum Gasteiger partial charge on any atom is -0.300 e. The van der Waals surface area contributed by atoms with Crippen molar-refractivity contribution >= 4 is 22.4 Å². The topological polar surface area (TPSA) is 54.9 Å². The number of carbonyl (C=O) groups excluding carboxylic acids is 1. The summed E-state index contributed by atoms with van der Waals surface area (Å²) in [5.74, 6) is 0.423. The van der Waals surface area contributed by atoms with Gasteiger partial charge in [-0.3, -0.25) is 4.79 Å². The first-order chi connectivity index (χ1) is 8.32. The van der Waals surface area contributed by atoms with Gasteiger partial charge < -0.3 is 5.32 Å². The van der Waals surface area contributed by atoms with Crippen LogP contribution in [-0.4, -0.2) is 16.1 Å². The summed E-state index contributed by atoms with van der Waals surface area (Å²) in [7, 11) is 0. The Balaban J connectivity index is 2.05. The molecule has 2 atom stereocenters. The van der Waals surface area contributed by atoms with Crippen molar-refractivity contribution in [2.45, 2.75) is 34.6 Å². The standard InChI is InChI=1S/C13H19N3OS/c1-7(2)6-9-10(13(9,4)5)11(17)14-12-16-15-8(3)18-12/h6,9-10H,1-5H3,(H,14,16,17). The molecule has 4 nitrogen and oxygen atoms in total. The van der Waals surface area contributed by atoms with Gasteiger partial charge >= 0.3 is 0 Å². The normalized spacial score (nSPS) is 24.5. The van der Waals surface area contributed by atoms with Crippen molar-refractivity contribution < 1.29 is 4.79 Å². The van der Waals surface area contributed by atoms with E-state index in [1.165, 1.54) is 16.9 Å². The van der Waals surface area contributed by atoms with Crippen LogP contribution >= 0.6 is 11.3 Å². The molecule has 0 bridgehead atoms. The molecule has 0 spiro atoms. The van der Waals surface area contributed by atoms with Gasteiger partial charge in [-0.05, 0) is 32.1 Å². The lowest BCUT2D eigenvalue weighted by molar-refractivity contribution is -0.118. The largest absolute Gasteiger partial charge is 0.300 e. The first kappa shape index (κ1) is 13.2. The molecule has 18 heavy (non-hydrogen) atoms. The second-order valence-electron chi connectivity index (χ2n) is 5.68. The van der Waals surface area contributed by atoms with Crippen LogP contribution in [0.25, 0.3) is 0 Å². The number of anilines is 1. The molecule has 1 aliphatic carbocycles. The van der Waals surface area contributed by atoms with Crippen molar-refractivity contribution in [3.05, 3.63) is 16.7 Å². The van der Waals surface area contributed by atoms with Gasteiger partial charge in [0.25, 0.3) is 0 Å². The van der Waals surface area contributed by atoms with Crippen LogP contribution in [-0.2, 0) is 4.79 Å². The second kappa shape index (κ2) is 4.46. The zero-order chi connectivity index (χ0) is 13.5. The number of nitrogens with zero attached hydrogens (tertiary/aromatic N) is 2. The van der Waals surface area contributed by atoms with Crippen LogP contribution in [0.2, 0.25) is 0 Å². The smallest absolute Gasteiger partial charge is 0.230 e. The Morgan fingerprint density at radius 1 is 1.39 bits per heavy atom. The molecule has 2 unspecified atom stereocenters. The van der Waals surface area contributed by atoms with E-state index >= 15 is 0 Å².